The van der Waals surface area contributed by atoms with E-state index in [1.807, 2.05) is 30.3 Å². The Bertz CT molecular complexity index is 1720. The van der Waals surface area contributed by atoms with Crippen LogP contribution in [0.5, 0.6) is 0 Å². The maximum Gasteiger partial charge on any atom is 0.481 e. The zero-order chi connectivity index (χ0) is 35.3. The molecule has 3 N–H and O–H groups in total. The van der Waals surface area contributed by atoms with Crippen LogP contribution in [0.25, 0.3) is 0 Å². The van der Waals surface area contributed by atoms with Crippen molar-refractivity contribution in [2.45, 2.75) is 95.6 Å². The van der Waals surface area contributed by atoms with E-state index in [0.29, 0.717) is 17.8 Å². The molecule has 0 radical (unpaired) electrons. The second-order valence-electron chi connectivity index (χ2n) is 15.3. The van der Waals surface area contributed by atoms with Crippen molar-refractivity contribution in [2.75, 3.05) is 5.32 Å². The van der Waals surface area contributed by atoms with Gasteiger partial charge >= 0.3 is 13.3 Å². The van der Waals surface area contributed by atoms with Crippen LogP contribution in [0.3, 0.4) is 0 Å². The number of aromatic nitrogens is 1. The Balaban J connectivity index is 1.11. The molecule has 1 aliphatic heterocycles. The van der Waals surface area contributed by atoms with E-state index in [0.717, 1.165) is 56.2 Å². The Kier molecular flexibility index (Phi) is 9.22. The van der Waals surface area contributed by atoms with Crippen LogP contribution in [-0.4, -0.2) is 47.6 Å². The van der Waals surface area contributed by atoms with Crippen LogP contribution in [0.15, 0.2) is 72.9 Å². The summed E-state index contributed by atoms with van der Waals surface area (Å²) in [6.45, 7) is 6.80. The van der Waals surface area contributed by atoms with Crippen LogP contribution in [0.2, 0.25) is 0 Å². The van der Waals surface area contributed by atoms with Gasteiger partial charge in [-0.05, 0) is 85.3 Å². The topological polar surface area (TPSA) is 102 Å². The number of pyridine rings is 1. The molecule has 12 heteroatoms. The average molecular weight is 689 g/mol. The predicted octanol–water partition coefficient (Wildman–Crippen LogP) is 7.13. The van der Waals surface area contributed by atoms with Gasteiger partial charge in [0.15, 0.2) is 0 Å². The summed E-state index contributed by atoms with van der Waals surface area (Å²) in [5, 5.41) is 9.01. The van der Waals surface area contributed by atoms with Crippen LogP contribution in [-0.2, 0) is 26.7 Å². The van der Waals surface area contributed by atoms with Gasteiger partial charge in [0.1, 0.15) is 11.9 Å². The summed E-state index contributed by atoms with van der Waals surface area (Å²) < 4.78 is 53.6. The standard InChI is InChI=1S/C38H44BF3N4O4/c1-36(2)26-21-30(36)37(3)31(22-26)49-39(50-37)32(19-24-12-7-13-24)46-35(48)29(18-23-10-5-4-6-11-23)45-34(47)28-16-9-17-43-33(28)44-27-15-8-14-25(20-27)38(40,41)42/h4-6,8-11,14-17,20,24,26,29-32H,7,12-13,18-19,21-22H2,1-3H3,(H,43,44)(H,45,47)(H,46,48)/t26-,29-,30-,31+,32-,37-/m0/s1. The van der Waals surface area contributed by atoms with Crippen molar-refractivity contribution in [3.63, 3.8) is 0 Å². The van der Waals surface area contributed by atoms with Gasteiger partial charge in [-0.15, -0.1) is 0 Å². The molecule has 0 spiro atoms. The Morgan fingerprint density at radius 3 is 2.48 bits per heavy atom. The van der Waals surface area contributed by atoms with Gasteiger partial charge < -0.3 is 25.3 Å². The third-order valence-corrected chi connectivity index (χ3v) is 11.8. The van der Waals surface area contributed by atoms with Crippen molar-refractivity contribution in [3.05, 3.63) is 89.6 Å². The van der Waals surface area contributed by atoms with E-state index in [2.05, 4.69) is 41.7 Å². The molecule has 50 heavy (non-hydrogen) atoms. The molecule has 5 fully saturated rings. The molecular formula is C38H44BF3N4O4. The lowest BCUT2D eigenvalue weighted by atomic mass is 9.43. The Morgan fingerprint density at radius 1 is 1.00 bits per heavy atom. The molecule has 8 rings (SSSR count). The molecule has 5 aliphatic rings. The fourth-order valence-electron chi connectivity index (χ4n) is 8.57. The Morgan fingerprint density at radius 2 is 1.78 bits per heavy atom. The number of halogens is 3. The first-order valence-electron chi connectivity index (χ1n) is 17.7. The molecule has 8 nitrogen and oxygen atoms in total. The van der Waals surface area contributed by atoms with Gasteiger partial charge in [-0.3, -0.25) is 9.59 Å². The van der Waals surface area contributed by atoms with Gasteiger partial charge in [0.2, 0.25) is 5.91 Å². The molecule has 2 amide bonds. The molecule has 264 valence electrons. The third kappa shape index (κ3) is 6.76. The maximum atomic E-state index is 14.3. The summed E-state index contributed by atoms with van der Waals surface area (Å²) >= 11 is 0. The van der Waals surface area contributed by atoms with Gasteiger partial charge in [0.05, 0.1) is 28.8 Å². The minimum Gasteiger partial charge on any atom is -0.404 e. The zero-order valence-electron chi connectivity index (χ0n) is 28.6. The lowest BCUT2D eigenvalue weighted by Crippen LogP contribution is -2.65. The van der Waals surface area contributed by atoms with E-state index in [4.69, 9.17) is 9.31 Å². The van der Waals surface area contributed by atoms with Gasteiger partial charge in [-0.25, -0.2) is 4.98 Å². The highest BCUT2D eigenvalue weighted by Crippen LogP contribution is 2.65. The minimum absolute atomic E-state index is 0.0294. The number of anilines is 2. The number of rotatable bonds is 11. The summed E-state index contributed by atoms with van der Waals surface area (Å²) in [5.41, 5.74) is -0.00961. The van der Waals surface area contributed by atoms with Crippen LogP contribution in [0, 0.1) is 23.2 Å². The number of hydrogen-bond donors (Lipinski definition) is 3. The van der Waals surface area contributed by atoms with E-state index in [1.165, 1.54) is 24.4 Å². The molecule has 2 heterocycles. The van der Waals surface area contributed by atoms with E-state index in [-0.39, 0.29) is 40.9 Å². The fraction of sp³-hybridized carbons (Fsp3) is 0.500. The highest BCUT2D eigenvalue weighted by atomic mass is 19.4. The normalized spacial score (nSPS) is 26.5. The Labute approximate surface area is 291 Å². The predicted molar refractivity (Wildman–Crippen MR) is 184 cm³/mol. The van der Waals surface area contributed by atoms with Crippen molar-refractivity contribution < 1.29 is 32.1 Å². The number of nitrogens with zero attached hydrogens (tertiary/aromatic N) is 1. The molecule has 1 saturated heterocycles. The molecular weight excluding hydrogens is 644 g/mol. The Hall–Kier alpha value is -3.90. The van der Waals surface area contributed by atoms with Crippen molar-refractivity contribution in [1.29, 1.82) is 0 Å². The number of amides is 2. The van der Waals surface area contributed by atoms with Gasteiger partial charge in [-0.1, -0.05) is 69.5 Å². The van der Waals surface area contributed by atoms with Crippen molar-refractivity contribution in [2.24, 2.45) is 23.2 Å². The van der Waals surface area contributed by atoms with Crippen molar-refractivity contribution in [1.82, 2.24) is 15.6 Å². The van der Waals surface area contributed by atoms with Gasteiger partial charge in [0, 0.05) is 18.3 Å². The fourth-order valence-corrected chi connectivity index (χ4v) is 8.57. The highest BCUT2D eigenvalue weighted by molar-refractivity contribution is 6.48. The average Bonchev–Trinajstić information content (AvgIpc) is 3.43. The number of alkyl halides is 3. The second kappa shape index (κ2) is 13.3. The van der Waals surface area contributed by atoms with Crippen LogP contribution >= 0.6 is 0 Å². The molecule has 3 aromatic rings. The van der Waals surface area contributed by atoms with E-state index < -0.39 is 42.3 Å². The molecule has 0 unspecified atom stereocenters. The zero-order valence-corrected chi connectivity index (χ0v) is 28.6. The van der Waals surface area contributed by atoms with Crippen LogP contribution in [0.1, 0.15) is 80.8 Å². The first-order valence-corrected chi connectivity index (χ1v) is 17.7. The third-order valence-electron chi connectivity index (χ3n) is 11.8. The van der Waals surface area contributed by atoms with E-state index in [9.17, 15) is 22.8 Å². The molecule has 1 aromatic heterocycles. The van der Waals surface area contributed by atoms with Crippen LogP contribution in [0.4, 0.5) is 24.7 Å². The molecule has 6 atom stereocenters. The number of carbonyl (C=O) groups is 2. The lowest BCUT2D eigenvalue weighted by Gasteiger charge is -2.64. The smallest absolute Gasteiger partial charge is 0.404 e. The van der Waals surface area contributed by atoms with E-state index >= 15 is 0 Å². The molecule has 2 bridgehead atoms. The molecule has 4 saturated carbocycles. The summed E-state index contributed by atoms with van der Waals surface area (Å²) in [6, 6.07) is 16.2. The summed E-state index contributed by atoms with van der Waals surface area (Å²) in [7, 11) is -0.598. The quantitative estimate of drug-likeness (QED) is 0.186. The van der Waals surface area contributed by atoms with Crippen molar-refractivity contribution in [3.8, 4) is 0 Å². The number of nitrogens with one attached hydrogen (secondary N) is 3. The molecule has 2 aromatic carbocycles. The maximum absolute atomic E-state index is 14.3. The second-order valence-corrected chi connectivity index (χ2v) is 15.3. The summed E-state index contributed by atoms with van der Waals surface area (Å²) in [5.74, 6) is 0.145. The molecule has 4 aliphatic carbocycles. The number of hydrogen-bond acceptors (Lipinski definition) is 6. The van der Waals surface area contributed by atoms with Crippen molar-refractivity contribution >= 4 is 30.4 Å². The summed E-state index contributed by atoms with van der Waals surface area (Å²) in [4.78, 5) is 32.4. The van der Waals surface area contributed by atoms with Gasteiger partial charge in [0.25, 0.3) is 5.91 Å². The van der Waals surface area contributed by atoms with E-state index in [1.54, 1.807) is 6.07 Å². The SMILES string of the molecule is CC1(C)[C@@H]2C[C@H]3OB([C@H](CC4CCC4)NC(=O)[C@H](Cc4ccccc4)NC(=O)c4cccnc4Nc4cccc(C(F)(F)F)c4)O[C@@]3(C)[C@H]1C2. The largest absolute Gasteiger partial charge is 0.481 e. The van der Waals surface area contributed by atoms with Crippen LogP contribution < -0.4 is 16.0 Å². The summed E-state index contributed by atoms with van der Waals surface area (Å²) in [6.07, 6.45) is 3.22. The number of carbonyl (C=O) groups excluding carboxylic acids is 2. The lowest BCUT2D eigenvalue weighted by molar-refractivity contribution is -0.199. The highest BCUT2D eigenvalue weighted by Gasteiger charge is 2.68. The monoisotopic (exact) mass is 688 g/mol. The first kappa shape index (κ1) is 34.5. The minimum atomic E-state index is -4.53. The van der Waals surface area contributed by atoms with Gasteiger partial charge in [-0.2, -0.15) is 13.2 Å². The number of benzene rings is 2. The first-order chi connectivity index (χ1) is 23.8.